The fourth-order valence-corrected chi connectivity index (χ4v) is 5.00. The summed E-state index contributed by atoms with van der Waals surface area (Å²) in [6.45, 7) is 4.91. The van der Waals surface area contributed by atoms with Gasteiger partial charge in [0.1, 0.15) is 6.04 Å². The third kappa shape index (κ3) is 3.32. The van der Waals surface area contributed by atoms with Crippen molar-refractivity contribution in [2.45, 2.75) is 33.2 Å². The van der Waals surface area contributed by atoms with Crippen LogP contribution in [-0.2, 0) is 23.9 Å². The van der Waals surface area contributed by atoms with Crippen molar-refractivity contribution in [2.24, 2.45) is 29.6 Å². The van der Waals surface area contributed by atoms with Crippen molar-refractivity contribution in [1.82, 2.24) is 4.90 Å². The number of ether oxygens (including phenoxy) is 1. The van der Waals surface area contributed by atoms with E-state index in [1.807, 2.05) is 31.2 Å². The number of carbonyl (C=O) groups excluding carboxylic acids is 4. The molecule has 2 fully saturated rings. The molecule has 158 valence electrons. The molecular formula is C23H26N2O5. The first-order chi connectivity index (χ1) is 14.3. The van der Waals surface area contributed by atoms with E-state index in [4.69, 9.17) is 4.74 Å². The molecule has 3 amide bonds. The van der Waals surface area contributed by atoms with E-state index in [0.717, 1.165) is 16.9 Å². The average molecular weight is 410 g/mol. The molecule has 0 unspecified atom stereocenters. The number of benzene rings is 1. The number of nitrogens with one attached hydrogen (secondary N) is 1. The maximum absolute atomic E-state index is 13.0. The van der Waals surface area contributed by atoms with Gasteiger partial charge in [0, 0.05) is 5.69 Å². The maximum Gasteiger partial charge on any atom is 0.330 e. The lowest BCUT2D eigenvalue weighted by molar-refractivity contribution is -0.162. The first-order valence-electron chi connectivity index (χ1n) is 10.4. The standard InChI is InChI=1S/C23H26N2O5/c1-12(2)20(23(29)30-11-17(26)24-16-7-5-4-6-13(16)3)25-21(27)18-14-8-9-15(10-14)19(18)22(25)28/h4-9,12,14-15,18-20H,10-11H2,1-3H3,(H,24,26)/t14-,15-,18-,19-,20-/m0/s1. The van der Waals surface area contributed by atoms with Crippen LogP contribution in [0.2, 0.25) is 0 Å². The van der Waals surface area contributed by atoms with Gasteiger partial charge < -0.3 is 10.1 Å². The minimum atomic E-state index is -1.03. The highest BCUT2D eigenvalue weighted by Gasteiger charge is 2.61. The monoisotopic (exact) mass is 410 g/mol. The Labute approximate surface area is 175 Å². The molecule has 0 radical (unpaired) electrons. The molecule has 1 aliphatic heterocycles. The summed E-state index contributed by atoms with van der Waals surface area (Å²) in [5.74, 6) is -2.70. The predicted octanol–water partition coefficient (Wildman–Crippen LogP) is 2.31. The minimum absolute atomic E-state index is 0.0742. The predicted molar refractivity (Wildman–Crippen MR) is 109 cm³/mol. The number of rotatable bonds is 6. The fraction of sp³-hybridized carbons (Fsp3) is 0.478. The van der Waals surface area contributed by atoms with Crippen LogP contribution < -0.4 is 5.32 Å². The van der Waals surface area contributed by atoms with Crippen LogP contribution in [-0.4, -0.2) is 41.2 Å². The van der Waals surface area contributed by atoms with Crippen molar-refractivity contribution in [2.75, 3.05) is 11.9 Å². The van der Waals surface area contributed by atoms with E-state index in [1.165, 1.54) is 0 Å². The number of nitrogens with zero attached hydrogens (tertiary/aromatic N) is 1. The largest absolute Gasteiger partial charge is 0.454 e. The number of para-hydroxylation sites is 1. The number of esters is 1. The lowest BCUT2D eigenvalue weighted by atomic mass is 9.85. The number of likely N-dealkylation sites (tertiary alicyclic amines) is 1. The van der Waals surface area contributed by atoms with E-state index in [9.17, 15) is 19.2 Å². The Kier molecular flexibility index (Phi) is 5.22. The number of hydrogen-bond acceptors (Lipinski definition) is 5. The number of anilines is 1. The summed E-state index contributed by atoms with van der Waals surface area (Å²) in [4.78, 5) is 52.2. The molecule has 30 heavy (non-hydrogen) atoms. The summed E-state index contributed by atoms with van der Waals surface area (Å²) in [7, 11) is 0. The Morgan fingerprint density at radius 1 is 1.10 bits per heavy atom. The number of amides is 3. The molecule has 0 spiro atoms. The van der Waals surface area contributed by atoms with E-state index in [2.05, 4.69) is 5.32 Å². The topological polar surface area (TPSA) is 92.8 Å². The summed E-state index contributed by atoms with van der Waals surface area (Å²) in [5, 5.41) is 2.70. The van der Waals surface area contributed by atoms with Crippen molar-refractivity contribution < 1.29 is 23.9 Å². The highest BCUT2D eigenvalue weighted by molar-refractivity contribution is 6.09. The summed E-state index contributed by atoms with van der Waals surface area (Å²) < 4.78 is 5.23. The van der Waals surface area contributed by atoms with Crippen molar-refractivity contribution in [1.29, 1.82) is 0 Å². The number of fused-ring (bicyclic) bond motifs is 5. The Morgan fingerprint density at radius 2 is 1.70 bits per heavy atom. The van der Waals surface area contributed by atoms with E-state index in [1.54, 1.807) is 26.0 Å². The van der Waals surface area contributed by atoms with E-state index in [-0.39, 0.29) is 41.4 Å². The normalized spacial score (nSPS) is 27.5. The van der Waals surface area contributed by atoms with Gasteiger partial charge in [-0.25, -0.2) is 4.79 Å². The number of allylic oxidation sites excluding steroid dienone is 2. The fourth-order valence-electron chi connectivity index (χ4n) is 5.00. The van der Waals surface area contributed by atoms with E-state index >= 15 is 0 Å². The Bertz CT molecular complexity index is 907. The molecule has 1 saturated heterocycles. The van der Waals surface area contributed by atoms with Crippen molar-refractivity contribution in [3.05, 3.63) is 42.0 Å². The molecule has 2 aliphatic carbocycles. The van der Waals surface area contributed by atoms with Crippen LogP contribution in [0.25, 0.3) is 0 Å². The molecule has 7 heteroatoms. The highest BCUT2D eigenvalue weighted by atomic mass is 16.5. The van der Waals surface area contributed by atoms with Gasteiger partial charge >= 0.3 is 5.97 Å². The minimum Gasteiger partial charge on any atom is -0.454 e. The molecular weight excluding hydrogens is 384 g/mol. The molecule has 7 nitrogen and oxygen atoms in total. The number of aryl methyl sites for hydroxylation is 1. The zero-order valence-electron chi connectivity index (χ0n) is 17.3. The van der Waals surface area contributed by atoms with Gasteiger partial charge in [0.15, 0.2) is 6.61 Å². The second-order valence-electron chi connectivity index (χ2n) is 8.71. The summed E-state index contributed by atoms with van der Waals surface area (Å²) in [5.41, 5.74) is 1.53. The first-order valence-corrected chi connectivity index (χ1v) is 10.4. The number of hydrogen-bond donors (Lipinski definition) is 1. The van der Waals surface area contributed by atoms with Crippen LogP contribution in [0.5, 0.6) is 0 Å². The first kappa shape index (κ1) is 20.3. The van der Waals surface area contributed by atoms with Crippen molar-refractivity contribution >= 4 is 29.4 Å². The molecule has 3 aliphatic rings. The van der Waals surface area contributed by atoms with Crippen LogP contribution in [0.15, 0.2) is 36.4 Å². The van der Waals surface area contributed by atoms with Crippen LogP contribution in [0.4, 0.5) is 5.69 Å². The average Bonchev–Trinajstić information content (AvgIpc) is 3.38. The molecule has 1 aromatic rings. The van der Waals surface area contributed by atoms with Crippen LogP contribution in [0.3, 0.4) is 0 Å². The molecule has 1 heterocycles. The lowest BCUT2D eigenvalue weighted by Gasteiger charge is -2.28. The smallest absolute Gasteiger partial charge is 0.330 e. The van der Waals surface area contributed by atoms with Gasteiger partial charge in [-0.05, 0) is 42.7 Å². The van der Waals surface area contributed by atoms with E-state index in [0.29, 0.717) is 5.69 Å². The van der Waals surface area contributed by atoms with Gasteiger partial charge in [-0.2, -0.15) is 0 Å². The Balaban J connectivity index is 1.43. The Hall–Kier alpha value is -2.96. The summed E-state index contributed by atoms with van der Waals surface area (Å²) >= 11 is 0. The van der Waals surface area contributed by atoms with Crippen molar-refractivity contribution in [3.63, 3.8) is 0 Å². The third-order valence-electron chi connectivity index (χ3n) is 6.42. The molecule has 1 N–H and O–H groups in total. The molecule has 2 bridgehead atoms. The van der Waals surface area contributed by atoms with Crippen molar-refractivity contribution in [3.8, 4) is 0 Å². The van der Waals surface area contributed by atoms with E-state index < -0.39 is 24.5 Å². The second-order valence-corrected chi connectivity index (χ2v) is 8.71. The SMILES string of the molecule is Cc1ccccc1NC(=O)COC(=O)[C@H](C(C)C)N1C(=O)[C@@H]2[C@@H](C1=O)[C@H]1C=C[C@H]2C1. The van der Waals surface area contributed by atoms with Crippen LogP contribution >= 0.6 is 0 Å². The zero-order valence-corrected chi connectivity index (χ0v) is 17.3. The number of carbonyl (C=O) groups is 4. The van der Waals surface area contributed by atoms with Crippen LogP contribution in [0, 0.1) is 36.5 Å². The lowest BCUT2D eigenvalue weighted by Crippen LogP contribution is -2.50. The Morgan fingerprint density at radius 3 is 2.27 bits per heavy atom. The molecule has 4 rings (SSSR count). The van der Waals surface area contributed by atoms with Gasteiger partial charge in [0.05, 0.1) is 11.8 Å². The highest BCUT2D eigenvalue weighted by Crippen LogP contribution is 2.53. The molecule has 0 aromatic heterocycles. The maximum atomic E-state index is 13.0. The van der Waals surface area contributed by atoms with Gasteiger partial charge in [0.25, 0.3) is 5.91 Å². The van der Waals surface area contributed by atoms with Crippen LogP contribution in [0.1, 0.15) is 25.8 Å². The quantitative estimate of drug-likeness (QED) is 0.441. The molecule has 5 atom stereocenters. The number of imide groups is 1. The summed E-state index contributed by atoms with van der Waals surface area (Å²) in [6.07, 6.45) is 4.86. The van der Waals surface area contributed by atoms with Gasteiger partial charge in [0.2, 0.25) is 11.8 Å². The van der Waals surface area contributed by atoms with Gasteiger partial charge in [-0.3, -0.25) is 19.3 Å². The molecule has 1 aromatic carbocycles. The third-order valence-corrected chi connectivity index (χ3v) is 6.42. The second kappa shape index (κ2) is 7.70. The van der Waals surface area contributed by atoms with Gasteiger partial charge in [-0.1, -0.05) is 44.2 Å². The van der Waals surface area contributed by atoms with Gasteiger partial charge in [-0.15, -0.1) is 0 Å². The zero-order chi connectivity index (χ0) is 21.6. The summed E-state index contributed by atoms with van der Waals surface area (Å²) in [6, 6.07) is 6.25. The molecule has 1 saturated carbocycles.